The Kier molecular flexibility index (Phi) is 7.18. The van der Waals surface area contributed by atoms with Gasteiger partial charge in [-0.1, -0.05) is 17.7 Å². The fourth-order valence-electron chi connectivity index (χ4n) is 3.02. The van der Waals surface area contributed by atoms with E-state index in [1.165, 1.54) is 17.5 Å². The molecule has 0 radical (unpaired) electrons. The van der Waals surface area contributed by atoms with E-state index in [9.17, 15) is 9.59 Å². The van der Waals surface area contributed by atoms with Crippen molar-refractivity contribution in [3.05, 3.63) is 64.2 Å². The number of fused-ring (bicyclic) bond motifs is 1. The number of thioether (sulfide) groups is 1. The summed E-state index contributed by atoms with van der Waals surface area (Å²) in [6.45, 7) is 0.240. The minimum atomic E-state index is -0.450. The summed E-state index contributed by atoms with van der Waals surface area (Å²) in [5, 5.41) is 3.46. The predicted octanol–water partition coefficient (Wildman–Crippen LogP) is 4.28. The van der Waals surface area contributed by atoms with Crippen molar-refractivity contribution in [3.63, 3.8) is 0 Å². The highest BCUT2D eigenvalue weighted by Crippen LogP contribution is 2.22. The molecule has 1 N–H and O–H groups in total. The van der Waals surface area contributed by atoms with Gasteiger partial charge >= 0.3 is 5.97 Å². The number of ether oxygens (including phenoxy) is 1. The average molecular weight is 404 g/mol. The van der Waals surface area contributed by atoms with E-state index in [-0.39, 0.29) is 12.5 Å². The summed E-state index contributed by atoms with van der Waals surface area (Å²) in [6.07, 6.45) is 4.43. The van der Waals surface area contributed by atoms with Gasteiger partial charge in [0.2, 0.25) is 0 Å². The third kappa shape index (κ3) is 6.01. The molecule has 142 valence electrons. The van der Waals surface area contributed by atoms with Crippen LogP contribution in [0.3, 0.4) is 0 Å². The molecule has 1 aliphatic carbocycles. The molecule has 0 saturated carbocycles. The Balaban J connectivity index is 1.37. The highest BCUT2D eigenvalue weighted by molar-refractivity contribution is 7.99. The minimum Gasteiger partial charge on any atom is -0.452 e. The number of halogens is 1. The van der Waals surface area contributed by atoms with Crippen LogP contribution in [-0.2, 0) is 22.4 Å². The third-order valence-corrected chi connectivity index (χ3v) is 5.69. The molecule has 2 aromatic carbocycles. The zero-order valence-corrected chi connectivity index (χ0v) is 16.6. The van der Waals surface area contributed by atoms with Gasteiger partial charge in [-0.15, -0.1) is 11.8 Å². The Bertz CT molecular complexity index is 808. The molecule has 4 nitrogen and oxygen atoms in total. The number of carbonyl (C=O) groups is 2. The van der Waals surface area contributed by atoms with Crippen LogP contribution in [0.15, 0.2) is 47.4 Å². The number of nitrogens with one attached hydrogen (secondary N) is 1. The maximum atomic E-state index is 12.2. The highest BCUT2D eigenvalue weighted by Gasteiger charge is 2.14. The molecule has 0 bridgehead atoms. The van der Waals surface area contributed by atoms with Crippen LogP contribution in [0.2, 0.25) is 5.02 Å². The van der Waals surface area contributed by atoms with E-state index < -0.39 is 5.97 Å². The van der Waals surface area contributed by atoms with Crippen molar-refractivity contribution >= 4 is 35.2 Å². The fourth-order valence-corrected chi connectivity index (χ4v) is 3.91. The van der Waals surface area contributed by atoms with Gasteiger partial charge < -0.3 is 10.1 Å². The zero-order chi connectivity index (χ0) is 19.1. The second-order valence-electron chi connectivity index (χ2n) is 6.42. The van der Waals surface area contributed by atoms with Crippen LogP contribution in [0, 0.1) is 0 Å². The average Bonchev–Trinajstić information content (AvgIpc) is 2.70. The van der Waals surface area contributed by atoms with Crippen molar-refractivity contribution in [3.8, 4) is 0 Å². The second-order valence-corrected chi connectivity index (χ2v) is 8.02. The lowest BCUT2D eigenvalue weighted by Crippen LogP contribution is -2.30. The van der Waals surface area contributed by atoms with Crippen LogP contribution in [0.4, 0.5) is 0 Å². The smallest absolute Gasteiger partial charge is 0.338 e. The SMILES string of the molecule is O=C(COC(=O)c1ccc2c(c1)CCCC2)NCCSc1ccc(Cl)cc1. The van der Waals surface area contributed by atoms with Crippen LogP contribution in [0.25, 0.3) is 0 Å². The van der Waals surface area contributed by atoms with Gasteiger partial charge in [-0.2, -0.15) is 0 Å². The number of carbonyl (C=O) groups excluding carboxylic acids is 2. The number of aryl methyl sites for hydroxylation is 2. The van der Waals surface area contributed by atoms with Gasteiger partial charge in [0.1, 0.15) is 0 Å². The first-order valence-corrected chi connectivity index (χ1v) is 10.4. The van der Waals surface area contributed by atoms with Crippen molar-refractivity contribution < 1.29 is 14.3 Å². The molecule has 0 saturated heterocycles. The molecule has 0 fully saturated rings. The molecule has 2 aromatic rings. The Morgan fingerprint density at radius 3 is 2.56 bits per heavy atom. The van der Waals surface area contributed by atoms with E-state index in [1.54, 1.807) is 17.8 Å². The third-order valence-electron chi connectivity index (χ3n) is 4.43. The van der Waals surface area contributed by atoms with Gasteiger partial charge in [0, 0.05) is 22.2 Å². The minimum absolute atomic E-state index is 0.262. The Morgan fingerprint density at radius 2 is 1.78 bits per heavy atom. The van der Waals surface area contributed by atoms with Crippen molar-refractivity contribution in [2.45, 2.75) is 30.6 Å². The number of hydrogen-bond donors (Lipinski definition) is 1. The van der Waals surface area contributed by atoms with E-state index in [0.717, 1.165) is 29.9 Å². The molecule has 0 aliphatic heterocycles. The summed E-state index contributed by atoms with van der Waals surface area (Å²) in [4.78, 5) is 25.1. The van der Waals surface area contributed by atoms with Crippen molar-refractivity contribution in [1.29, 1.82) is 0 Å². The van der Waals surface area contributed by atoms with Gasteiger partial charge in [-0.05, 0) is 73.2 Å². The second kappa shape index (κ2) is 9.81. The lowest BCUT2D eigenvalue weighted by atomic mass is 9.90. The van der Waals surface area contributed by atoms with E-state index >= 15 is 0 Å². The molecule has 6 heteroatoms. The molecule has 1 aliphatic rings. The van der Waals surface area contributed by atoms with Crippen LogP contribution in [0.1, 0.15) is 34.3 Å². The van der Waals surface area contributed by atoms with Gasteiger partial charge in [0.15, 0.2) is 6.61 Å². The monoisotopic (exact) mass is 403 g/mol. The maximum absolute atomic E-state index is 12.2. The molecule has 0 aromatic heterocycles. The number of benzene rings is 2. The van der Waals surface area contributed by atoms with Gasteiger partial charge in [-0.3, -0.25) is 4.79 Å². The molecule has 0 heterocycles. The van der Waals surface area contributed by atoms with Gasteiger partial charge in [-0.25, -0.2) is 4.79 Å². The predicted molar refractivity (Wildman–Crippen MR) is 109 cm³/mol. The van der Waals surface area contributed by atoms with Gasteiger partial charge in [0.25, 0.3) is 5.91 Å². The molecular weight excluding hydrogens is 382 g/mol. The first kappa shape index (κ1) is 19.8. The summed E-state index contributed by atoms with van der Waals surface area (Å²) in [7, 11) is 0. The summed E-state index contributed by atoms with van der Waals surface area (Å²) in [6, 6.07) is 13.2. The quantitative estimate of drug-likeness (QED) is 0.426. The van der Waals surface area contributed by atoms with E-state index in [4.69, 9.17) is 16.3 Å². The number of amides is 1. The standard InChI is InChI=1S/C21H22ClNO3S/c22-18-7-9-19(10-8-18)27-12-11-23-20(24)14-26-21(25)17-6-5-15-3-1-2-4-16(15)13-17/h5-10,13H,1-4,11-12,14H2,(H,23,24). The summed E-state index contributed by atoms with van der Waals surface area (Å²) < 4.78 is 5.14. The summed E-state index contributed by atoms with van der Waals surface area (Å²) in [5.74, 6) is -0.0151. The molecule has 0 atom stereocenters. The number of esters is 1. The Morgan fingerprint density at radius 1 is 1.04 bits per heavy atom. The zero-order valence-electron chi connectivity index (χ0n) is 15.0. The Hall–Kier alpha value is -1.98. The van der Waals surface area contributed by atoms with E-state index in [1.807, 2.05) is 36.4 Å². The fraction of sp³-hybridized carbons (Fsp3) is 0.333. The lowest BCUT2D eigenvalue weighted by Gasteiger charge is -2.16. The van der Waals surface area contributed by atoms with Crippen LogP contribution in [0.5, 0.6) is 0 Å². The van der Waals surface area contributed by atoms with E-state index in [2.05, 4.69) is 5.32 Å². The first-order valence-electron chi connectivity index (χ1n) is 9.06. The topological polar surface area (TPSA) is 55.4 Å². The van der Waals surface area contributed by atoms with Gasteiger partial charge in [0.05, 0.1) is 5.56 Å². The highest BCUT2D eigenvalue weighted by atomic mass is 35.5. The van der Waals surface area contributed by atoms with Crippen LogP contribution < -0.4 is 5.32 Å². The molecule has 0 unspecified atom stereocenters. The van der Waals surface area contributed by atoms with Crippen LogP contribution >= 0.6 is 23.4 Å². The maximum Gasteiger partial charge on any atom is 0.338 e. The largest absolute Gasteiger partial charge is 0.452 e. The molecular formula is C21H22ClNO3S. The molecule has 1 amide bonds. The van der Waals surface area contributed by atoms with E-state index in [0.29, 0.717) is 17.1 Å². The van der Waals surface area contributed by atoms with Crippen molar-refractivity contribution in [2.75, 3.05) is 18.9 Å². The molecule has 0 spiro atoms. The lowest BCUT2D eigenvalue weighted by molar-refractivity contribution is -0.124. The van der Waals surface area contributed by atoms with Crippen molar-refractivity contribution in [1.82, 2.24) is 5.32 Å². The summed E-state index contributed by atoms with van der Waals surface area (Å²) >= 11 is 7.47. The molecule has 3 rings (SSSR count). The Labute approximate surface area is 168 Å². The summed E-state index contributed by atoms with van der Waals surface area (Å²) in [5.41, 5.74) is 3.05. The van der Waals surface area contributed by atoms with Crippen LogP contribution in [-0.4, -0.2) is 30.8 Å². The molecule has 27 heavy (non-hydrogen) atoms. The first-order chi connectivity index (χ1) is 13.1. The number of rotatable bonds is 7. The normalized spacial score (nSPS) is 12.9. The number of hydrogen-bond acceptors (Lipinski definition) is 4. The van der Waals surface area contributed by atoms with Crippen molar-refractivity contribution in [2.24, 2.45) is 0 Å².